The number of aromatic nitrogens is 1. The quantitative estimate of drug-likeness (QED) is 0.652. The lowest BCUT2D eigenvalue weighted by Crippen LogP contribution is -2.21. The first kappa shape index (κ1) is 19.4. The molecule has 0 unspecified atom stereocenters. The van der Waals surface area contributed by atoms with Gasteiger partial charge in [-0.05, 0) is 43.7 Å². The van der Waals surface area contributed by atoms with Crippen LogP contribution in [0.1, 0.15) is 18.9 Å². The van der Waals surface area contributed by atoms with Crippen molar-refractivity contribution in [2.75, 3.05) is 5.75 Å². The summed E-state index contributed by atoms with van der Waals surface area (Å²) in [7, 11) is -3.77. The van der Waals surface area contributed by atoms with E-state index in [0.717, 1.165) is 17.5 Å². The van der Waals surface area contributed by atoms with E-state index in [9.17, 15) is 17.6 Å². The number of aryl methyl sites for hydroxylation is 2. The number of rotatable bonds is 5. The summed E-state index contributed by atoms with van der Waals surface area (Å²) < 4.78 is 40.8. The van der Waals surface area contributed by atoms with Crippen LogP contribution in [0.2, 0.25) is 0 Å². The molecule has 27 heavy (non-hydrogen) atoms. The van der Waals surface area contributed by atoms with E-state index in [4.69, 9.17) is 0 Å². The van der Waals surface area contributed by atoms with Crippen LogP contribution in [0.4, 0.5) is 4.39 Å². The number of sulfone groups is 1. The zero-order chi connectivity index (χ0) is 19.6. The van der Waals surface area contributed by atoms with Gasteiger partial charge in [0.15, 0.2) is 14.6 Å². The molecule has 3 aromatic rings. The summed E-state index contributed by atoms with van der Waals surface area (Å²) in [6.07, 6.45) is 0.798. The minimum Gasteiger partial charge on any atom is -0.316 e. The summed E-state index contributed by atoms with van der Waals surface area (Å²) in [6, 6.07) is 10.7. The lowest BCUT2D eigenvalue weighted by Gasteiger charge is -2.03. The molecule has 0 bridgehead atoms. The molecular weight excluding hydrogens is 387 g/mol. The van der Waals surface area contributed by atoms with Crippen molar-refractivity contribution in [1.29, 1.82) is 0 Å². The Kier molecular flexibility index (Phi) is 5.57. The Morgan fingerprint density at radius 2 is 1.89 bits per heavy atom. The smallest absolute Gasteiger partial charge is 0.263 e. The number of halogens is 1. The Bertz CT molecular complexity index is 1160. The van der Waals surface area contributed by atoms with Crippen molar-refractivity contribution in [3.8, 4) is 0 Å². The molecule has 0 saturated carbocycles. The van der Waals surface area contributed by atoms with E-state index >= 15 is 0 Å². The fourth-order valence-corrected chi connectivity index (χ4v) is 4.91. The third kappa shape index (κ3) is 4.33. The monoisotopic (exact) mass is 406 g/mol. The van der Waals surface area contributed by atoms with E-state index in [1.54, 1.807) is 18.2 Å². The van der Waals surface area contributed by atoms with Crippen molar-refractivity contribution in [2.24, 2.45) is 4.99 Å². The van der Waals surface area contributed by atoms with Gasteiger partial charge in [0.05, 0.1) is 15.1 Å². The fraction of sp³-hybridized carbons (Fsp3) is 0.263. The Labute approximate surface area is 160 Å². The number of hydrogen-bond acceptors (Lipinski definition) is 4. The Morgan fingerprint density at radius 1 is 1.19 bits per heavy atom. The van der Waals surface area contributed by atoms with Crippen LogP contribution in [-0.4, -0.2) is 24.6 Å². The van der Waals surface area contributed by atoms with Gasteiger partial charge in [-0.25, -0.2) is 12.8 Å². The highest BCUT2D eigenvalue weighted by atomic mass is 32.2. The highest BCUT2D eigenvalue weighted by Gasteiger charge is 2.19. The molecule has 5 nitrogen and oxygen atoms in total. The van der Waals surface area contributed by atoms with Gasteiger partial charge in [-0.1, -0.05) is 36.0 Å². The SMILES string of the molecule is CCCn1c(=NC(=O)CS(=O)(=O)c2ccc(C)cc2)sc2cc(F)ccc21. The summed E-state index contributed by atoms with van der Waals surface area (Å²) in [6.45, 7) is 4.43. The highest BCUT2D eigenvalue weighted by Crippen LogP contribution is 2.19. The predicted octanol–water partition coefficient (Wildman–Crippen LogP) is 3.46. The van der Waals surface area contributed by atoms with Crippen molar-refractivity contribution in [3.63, 3.8) is 0 Å². The zero-order valence-corrected chi connectivity index (χ0v) is 16.6. The van der Waals surface area contributed by atoms with E-state index in [1.807, 2.05) is 18.4 Å². The minimum atomic E-state index is -3.77. The number of nitrogens with zero attached hydrogens (tertiary/aromatic N) is 2. The molecule has 2 aromatic carbocycles. The molecule has 0 aliphatic heterocycles. The zero-order valence-electron chi connectivity index (χ0n) is 15.0. The van der Waals surface area contributed by atoms with Gasteiger partial charge in [0.25, 0.3) is 5.91 Å². The fourth-order valence-electron chi connectivity index (χ4n) is 2.70. The molecule has 1 aromatic heterocycles. The van der Waals surface area contributed by atoms with E-state index in [0.29, 0.717) is 16.0 Å². The van der Waals surface area contributed by atoms with E-state index in [-0.39, 0.29) is 10.7 Å². The first-order valence-corrected chi connectivity index (χ1v) is 10.9. The van der Waals surface area contributed by atoms with Crippen LogP contribution in [0, 0.1) is 12.7 Å². The predicted molar refractivity (Wildman–Crippen MR) is 104 cm³/mol. The lowest BCUT2D eigenvalue weighted by molar-refractivity contribution is -0.115. The largest absolute Gasteiger partial charge is 0.316 e. The summed E-state index contributed by atoms with van der Waals surface area (Å²) >= 11 is 1.17. The van der Waals surface area contributed by atoms with Crippen molar-refractivity contribution in [1.82, 2.24) is 4.57 Å². The second kappa shape index (κ2) is 7.74. The van der Waals surface area contributed by atoms with Gasteiger partial charge < -0.3 is 4.57 Å². The van der Waals surface area contributed by atoms with Gasteiger partial charge in [-0.3, -0.25) is 4.79 Å². The normalized spacial score (nSPS) is 12.6. The number of carbonyl (C=O) groups excluding carboxylic acids is 1. The maximum atomic E-state index is 13.5. The van der Waals surface area contributed by atoms with Gasteiger partial charge >= 0.3 is 0 Å². The van der Waals surface area contributed by atoms with Crippen molar-refractivity contribution in [2.45, 2.75) is 31.7 Å². The lowest BCUT2D eigenvalue weighted by atomic mass is 10.2. The van der Waals surface area contributed by atoms with Crippen LogP contribution < -0.4 is 4.80 Å². The van der Waals surface area contributed by atoms with Crippen molar-refractivity contribution >= 4 is 37.3 Å². The summed E-state index contributed by atoms with van der Waals surface area (Å²) in [5.41, 5.74) is 1.71. The molecule has 1 heterocycles. The molecule has 0 fully saturated rings. The third-order valence-corrected chi connectivity index (χ3v) is 6.66. The van der Waals surface area contributed by atoms with Crippen LogP contribution in [0.5, 0.6) is 0 Å². The topological polar surface area (TPSA) is 68.5 Å². The molecule has 0 aliphatic carbocycles. The van der Waals surface area contributed by atoms with Crippen molar-refractivity contribution in [3.05, 3.63) is 58.6 Å². The Morgan fingerprint density at radius 3 is 2.56 bits per heavy atom. The molecule has 3 rings (SSSR count). The molecule has 142 valence electrons. The molecule has 0 N–H and O–H groups in total. The molecular formula is C19H19FN2O3S2. The van der Waals surface area contributed by atoms with Crippen LogP contribution in [0.15, 0.2) is 52.4 Å². The van der Waals surface area contributed by atoms with Crippen molar-refractivity contribution < 1.29 is 17.6 Å². The average molecular weight is 407 g/mol. The number of hydrogen-bond donors (Lipinski definition) is 0. The Hall–Kier alpha value is -2.32. The number of carbonyl (C=O) groups is 1. The van der Waals surface area contributed by atoms with Crippen LogP contribution in [0.3, 0.4) is 0 Å². The first-order chi connectivity index (χ1) is 12.8. The second-order valence-corrected chi connectivity index (χ2v) is 9.22. The van der Waals surface area contributed by atoms with Gasteiger partial charge in [0.2, 0.25) is 0 Å². The number of amides is 1. The van der Waals surface area contributed by atoms with E-state index in [2.05, 4.69) is 4.99 Å². The molecule has 0 saturated heterocycles. The molecule has 8 heteroatoms. The Balaban J connectivity index is 1.97. The molecule has 0 aliphatic rings. The maximum absolute atomic E-state index is 13.5. The molecule has 0 radical (unpaired) electrons. The van der Waals surface area contributed by atoms with E-state index < -0.39 is 21.5 Å². The van der Waals surface area contributed by atoms with Gasteiger partial charge in [-0.2, -0.15) is 4.99 Å². The number of thiazole rings is 1. The maximum Gasteiger partial charge on any atom is 0.263 e. The standard InChI is InChI=1S/C19H19FN2O3S2/c1-3-10-22-16-9-6-14(20)11-17(16)26-19(22)21-18(23)12-27(24,25)15-7-4-13(2)5-8-15/h4-9,11H,3,10,12H2,1-2H3. The summed E-state index contributed by atoms with van der Waals surface area (Å²) in [5.74, 6) is -1.81. The molecule has 0 atom stereocenters. The summed E-state index contributed by atoms with van der Waals surface area (Å²) in [5, 5.41) is 0. The summed E-state index contributed by atoms with van der Waals surface area (Å²) in [4.78, 5) is 16.8. The second-order valence-electron chi connectivity index (χ2n) is 6.23. The highest BCUT2D eigenvalue weighted by molar-refractivity contribution is 7.92. The van der Waals surface area contributed by atoms with Crippen LogP contribution in [-0.2, 0) is 21.2 Å². The van der Waals surface area contributed by atoms with Crippen LogP contribution >= 0.6 is 11.3 Å². The number of benzene rings is 2. The van der Waals surface area contributed by atoms with E-state index in [1.165, 1.54) is 35.6 Å². The minimum absolute atomic E-state index is 0.0940. The van der Waals surface area contributed by atoms with Gasteiger partial charge in [0.1, 0.15) is 11.6 Å². The van der Waals surface area contributed by atoms with Gasteiger partial charge in [-0.15, -0.1) is 0 Å². The van der Waals surface area contributed by atoms with Crippen LogP contribution in [0.25, 0.3) is 10.2 Å². The van der Waals surface area contributed by atoms with Gasteiger partial charge in [0, 0.05) is 6.54 Å². The number of fused-ring (bicyclic) bond motifs is 1. The first-order valence-electron chi connectivity index (χ1n) is 8.46. The molecule has 1 amide bonds. The molecule has 0 spiro atoms. The third-order valence-electron chi connectivity index (χ3n) is 4.01. The average Bonchev–Trinajstić information content (AvgIpc) is 2.91.